The summed E-state index contributed by atoms with van der Waals surface area (Å²) in [5.41, 5.74) is 1.57. The van der Waals surface area contributed by atoms with Crippen molar-refractivity contribution in [2.24, 2.45) is 11.3 Å². The summed E-state index contributed by atoms with van der Waals surface area (Å²) in [6.45, 7) is 6.89. The van der Waals surface area contributed by atoms with Crippen molar-refractivity contribution in [1.82, 2.24) is 5.32 Å². The van der Waals surface area contributed by atoms with Crippen LogP contribution in [0.3, 0.4) is 0 Å². The number of anilines is 2. The largest absolute Gasteiger partial charge is 0.377 e. The molecular weight excluding hydrogens is 354 g/mol. The van der Waals surface area contributed by atoms with Gasteiger partial charge in [-0.15, -0.1) is 0 Å². The van der Waals surface area contributed by atoms with Crippen molar-refractivity contribution in [2.75, 3.05) is 29.9 Å². The molecule has 0 spiro atoms. The molecule has 6 heteroatoms. The first-order valence-corrected chi connectivity index (χ1v) is 10.6. The normalized spacial score (nSPS) is 28.6. The van der Waals surface area contributed by atoms with Gasteiger partial charge in [0.25, 0.3) is 0 Å². The third-order valence-corrected chi connectivity index (χ3v) is 6.69. The maximum Gasteiger partial charge on any atom is 0.313 e. The van der Waals surface area contributed by atoms with Crippen LogP contribution in [0.2, 0.25) is 0 Å². The molecule has 0 bridgehead atoms. The van der Waals surface area contributed by atoms with Crippen LogP contribution in [0, 0.1) is 11.3 Å². The van der Waals surface area contributed by atoms with E-state index >= 15 is 0 Å². The van der Waals surface area contributed by atoms with Crippen molar-refractivity contribution in [3.05, 3.63) is 24.3 Å². The van der Waals surface area contributed by atoms with E-state index in [1.165, 1.54) is 12.8 Å². The molecule has 2 N–H and O–H groups in total. The topological polar surface area (TPSA) is 70.7 Å². The van der Waals surface area contributed by atoms with Gasteiger partial charge >= 0.3 is 11.8 Å². The lowest BCUT2D eigenvalue weighted by atomic mass is 9.57. The summed E-state index contributed by atoms with van der Waals surface area (Å²) >= 11 is 0. The second-order valence-corrected chi connectivity index (χ2v) is 8.89. The smallest absolute Gasteiger partial charge is 0.313 e. The number of rotatable bonds is 3. The zero-order chi connectivity index (χ0) is 19.7. The summed E-state index contributed by atoms with van der Waals surface area (Å²) in [5.74, 6) is -0.842. The number of carbonyl (C=O) groups is 2. The van der Waals surface area contributed by atoms with Gasteiger partial charge in [0.05, 0.1) is 17.5 Å². The maximum atomic E-state index is 12.6. The van der Waals surface area contributed by atoms with Crippen molar-refractivity contribution in [2.45, 2.75) is 58.1 Å². The summed E-state index contributed by atoms with van der Waals surface area (Å²) in [5, 5.41) is 5.81. The highest BCUT2D eigenvalue weighted by molar-refractivity contribution is 6.40. The molecule has 3 aliphatic rings. The minimum Gasteiger partial charge on any atom is -0.377 e. The van der Waals surface area contributed by atoms with Crippen LogP contribution in [-0.4, -0.2) is 43.7 Å². The van der Waals surface area contributed by atoms with E-state index in [0.29, 0.717) is 11.6 Å². The Hall–Kier alpha value is -2.08. The number of amides is 2. The molecule has 2 heterocycles. The molecule has 0 aromatic heterocycles. The van der Waals surface area contributed by atoms with Gasteiger partial charge < -0.3 is 20.3 Å². The van der Waals surface area contributed by atoms with Crippen molar-refractivity contribution in [3.63, 3.8) is 0 Å². The van der Waals surface area contributed by atoms with Crippen molar-refractivity contribution in [1.29, 1.82) is 0 Å². The highest BCUT2D eigenvalue weighted by Gasteiger charge is 2.60. The van der Waals surface area contributed by atoms with Gasteiger partial charge in [-0.2, -0.15) is 0 Å². The van der Waals surface area contributed by atoms with Crippen molar-refractivity contribution >= 4 is 23.2 Å². The number of ether oxygens (including phenoxy) is 1. The second kappa shape index (κ2) is 7.74. The fraction of sp³-hybridized carbons (Fsp3) is 0.636. The Balaban J connectivity index is 1.42. The fourth-order valence-electron chi connectivity index (χ4n) is 5.17. The highest BCUT2D eigenvalue weighted by atomic mass is 16.5. The molecule has 3 atom stereocenters. The Morgan fingerprint density at radius 3 is 2.54 bits per heavy atom. The Morgan fingerprint density at radius 2 is 1.79 bits per heavy atom. The van der Waals surface area contributed by atoms with E-state index in [1.54, 1.807) is 0 Å². The lowest BCUT2D eigenvalue weighted by Gasteiger charge is -2.54. The first-order chi connectivity index (χ1) is 13.5. The Kier molecular flexibility index (Phi) is 5.32. The van der Waals surface area contributed by atoms with E-state index in [0.717, 1.165) is 44.6 Å². The molecule has 1 saturated carbocycles. The van der Waals surface area contributed by atoms with Crippen LogP contribution in [0.25, 0.3) is 0 Å². The molecule has 2 saturated heterocycles. The first kappa shape index (κ1) is 19.2. The first-order valence-electron chi connectivity index (χ1n) is 10.6. The van der Waals surface area contributed by atoms with E-state index in [1.807, 2.05) is 24.3 Å². The van der Waals surface area contributed by atoms with Gasteiger partial charge in [0, 0.05) is 37.1 Å². The van der Waals surface area contributed by atoms with Crippen molar-refractivity contribution < 1.29 is 14.3 Å². The number of para-hydroxylation sites is 2. The minimum absolute atomic E-state index is 0.0147. The van der Waals surface area contributed by atoms with Gasteiger partial charge in [0.15, 0.2) is 0 Å². The molecule has 0 radical (unpaired) electrons. The number of carbonyl (C=O) groups excluding carboxylic acids is 2. The number of benzene rings is 1. The molecule has 0 unspecified atom stereocenters. The lowest BCUT2D eigenvalue weighted by Crippen LogP contribution is -2.67. The van der Waals surface area contributed by atoms with Crippen molar-refractivity contribution in [3.8, 4) is 0 Å². The summed E-state index contributed by atoms with van der Waals surface area (Å²) in [7, 11) is 0. The van der Waals surface area contributed by atoms with Crippen LogP contribution < -0.4 is 15.5 Å². The van der Waals surface area contributed by atoms with Gasteiger partial charge in [-0.1, -0.05) is 38.8 Å². The standard InChI is InChI=1S/C22H31N3O3/c1-22(2)18(15-11-14-28-19(15)22)24-21(27)20(26)23-16-9-5-6-10-17(16)25-12-7-3-4-8-13-25/h5-6,9-10,15,18-19H,3-4,7-8,11-14H2,1-2H3,(H,23,26)(H,24,27)/t15-,18+,19+/m0/s1. The Bertz CT molecular complexity index is 740. The molecule has 3 fully saturated rings. The van der Waals surface area contributed by atoms with Gasteiger partial charge in [0.2, 0.25) is 0 Å². The number of hydrogen-bond donors (Lipinski definition) is 2. The average molecular weight is 386 g/mol. The molecule has 1 aliphatic carbocycles. The average Bonchev–Trinajstić information content (AvgIpc) is 2.98. The zero-order valence-corrected chi connectivity index (χ0v) is 16.9. The van der Waals surface area contributed by atoms with E-state index in [-0.39, 0.29) is 17.6 Å². The lowest BCUT2D eigenvalue weighted by molar-refractivity contribution is -0.145. The molecule has 1 aromatic carbocycles. The Labute approximate surface area is 167 Å². The number of fused-ring (bicyclic) bond motifs is 1. The van der Waals surface area contributed by atoms with Crippen LogP contribution in [0.15, 0.2) is 24.3 Å². The highest BCUT2D eigenvalue weighted by Crippen LogP contribution is 2.52. The molecular formula is C22H31N3O3. The molecule has 4 rings (SSSR count). The van der Waals surface area contributed by atoms with Crippen LogP contribution in [-0.2, 0) is 14.3 Å². The molecule has 6 nitrogen and oxygen atoms in total. The molecule has 28 heavy (non-hydrogen) atoms. The molecule has 1 aromatic rings. The van der Waals surface area contributed by atoms with E-state index in [9.17, 15) is 9.59 Å². The summed E-state index contributed by atoms with van der Waals surface area (Å²) in [6, 6.07) is 7.75. The SMILES string of the molecule is CC1(C)[C@H](NC(=O)C(=O)Nc2ccccc2N2CCCCCC2)[C@@H]2CCO[C@H]21. The predicted octanol–water partition coefficient (Wildman–Crippen LogP) is 2.94. The third kappa shape index (κ3) is 3.50. The van der Waals surface area contributed by atoms with Gasteiger partial charge in [-0.25, -0.2) is 0 Å². The minimum atomic E-state index is -0.597. The fourth-order valence-corrected chi connectivity index (χ4v) is 5.17. The van der Waals surface area contributed by atoms with Crippen LogP contribution in [0.5, 0.6) is 0 Å². The van der Waals surface area contributed by atoms with Crippen LogP contribution in [0.1, 0.15) is 46.0 Å². The third-order valence-electron chi connectivity index (χ3n) is 6.69. The number of nitrogens with zero attached hydrogens (tertiary/aromatic N) is 1. The second-order valence-electron chi connectivity index (χ2n) is 8.89. The van der Waals surface area contributed by atoms with E-state index < -0.39 is 11.8 Å². The molecule has 152 valence electrons. The number of hydrogen-bond acceptors (Lipinski definition) is 4. The summed E-state index contributed by atoms with van der Waals surface area (Å²) in [4.78, 5) is 27.5. The maximum absolute atomic E-state index is 12.6. The molecule has 2 aliphatic heterocycles. The molecule has 2 amide bonds. The number of nitrogens with one attached hydrogen (secondary N) is 2. The predicted molar refractivity (Wildman–Crippen MR) is 109 cm³/mol. The van der Waals surface area contributed by atoms with Gasteiger partial charge in [-0.05, 0) is 31.4 Å². The van der Waals surface area contributed by atoms with Gasteiger partial charge in [0.1, 0.15) is 0 Å². The van der Waals surface area contributed by atoms with Gasteiger partial charge in [-0.3, -0.25) is 9.59 Å². The Morgan fingerprint density at radius 1 is 1.07 bits per heavy atom. The monoisotopic (exact) mass is 385 g/mol. The van der Waals surface area contributed by atoms with Crippen LogP contribution >= 0.6 is 0 Å². The van der Waals surface area contributed by atoms with Crippen LogP contribution in [0.4, 0.5) is 11.4 Å². The summed E-state index contributed by atoms with van der Waals surface area (Å²) < 4.78 is 5.77. The summed E-state index contributed by atoms with van der Waals surface area (Å²) in [6.07, 6.45) is 5.93. The van der Waals surface area contributed by atoms with E-state index in [2.05, 4.69) is 29.4 Å². The van der Waals surface area contributed by atoms with E-state index in [4.69, 9.17) is 4.74 Å². The quantitative estimate of drug-likeness (QED) is 0.785. The zero-order valence-electron chi connectivity index (χ0n) is 16.9.